The van der Waals surface area contributed by atoms with Crippen LogP contribution in [0.1, 0.15) is 34.1 Å². The summed E-state index contributed by atoms with van der Waals surface area (Å²) in [6, 6.07) is 0. The first kappa shape index (κ1) is 10.5. The van der Waals surface area contributed by atoms with Crippen molar-refractivity contribution in [1.82, 2.24) is 5.48 Å². The Labute approximate surface area is 69.3 Å². The number of hydrogen-bond donors (Lipinski definition) is 1. The van der Waals surface area contributed by atoms with E-state index in [1.165, 1.54) is 0 Å². The highest BCUT2D eigenvalue weighted by molar-refractivity contribution is 4.94. The van der Waals surface area contributed by atoms with E-state index in [0.717, 1.165) is 13.0 Å². The van der Waals surface area contributed by atoms with E-state index in [2.05, 4.69) is 17.3 Å². The van der Waals surface area contributed by atoms with E-state index >= 15 is 0 Å². The standard InChI is InChI=1S/C9H17NO/c1-5-6-7-8-10-11-9(2,3)4/h10H,7-8H2,1-4H3. The second-order valence-corrected chi connectivity index (χ2v) is 3.29. The third-order valence-electron chi connectivity index (χ3n) is 0.907. The van der Waals surface area contributed by atoms with Crippen LogP contribution in [0.3, 0.4) is 0 Å². The molecule has 0 saturated carbocycles. The fraction of sp³-hybridized carbons (Fsp3) is 0.778. The van der Waals surface area contributed by atoms with Crippen molar-refractivity contribution >= 4 is 0 Å². The van der Waals surface area contributed by atoms with E-state index in [-0.39, 0.29) is 5.60 Å². The van der Waals surface area contributed by atoms with Crippen molar-refractivity contribution in [2.75, 3.05) is 6.54 Å². The van der Waals surface area contributed by atoms with Crippen LogP contribution >= 0.6 is 0 Å². The Bertz CT molecular complexity index is 147. The van der Waals surface area contributed by atoms with Gasteiger partial charge < -0.3 is 0 Å². The Morgan fingerprint density at radius 3 is 2.45 bits per heavy atom. The fourth-order valence-electron chi connectivity index (χ4n) is 0.506. The van der Waals surface area contributed by atoms with Gasteiger partial charge in [-0.25, -0.2) is 5.48 Å². The predicted octanol–water partition coefficient (Wildman–Crippen LogP) is 1.72. The Morgan fingerprint density at radius 2 is 2.00 bits per heavy atom. The first-order valence-corrected chi connectivity index (χ1v) is 3.87. The van der Waals surface area contributed by atoms with Gasteiger partial charge in [-0.2, -0.15) is 0 Å². The van der Waals surface area contributed by atoms with Gasteiger partial charge in [0.05, 0.1) is 5.60 Å². The lowest BCUT2D eigenvalue weighted by molar-refractivity contribution is -0.0713. The smallest absolute Gasteiger partial charge is 0.0812 e. The predicted molar refractivity (Wildman–Crippen MR) is 46.9 cm³/mol. The van der Waals surface area contributed by atoms with Crippen molar-refractivity contribution in [2.24, 2.45) is 0 Å². The zero-order valence-electron chi connectivity index (χ0n) is 7.82. The lowest BCUT2D eigenvalue weighted by Crippen LogP contribution is -2.29. The molecule has 0 aromatic carbocycles. The third kappa shape index (κ3) is 9.48. The molecule has 0 aliphatic carbocycles. The van der Waals surface area contributed by atoms with Crippen LogP contribution in [-0.2, 0) is 4.84 Å². The van der Waals surface area contributed by atoms with Crippen molar-refractivity contribution < 1.29 is 4.84 Å². The average Bonchev–Trinajstić information content (AvgIpc) is 1.85. The Kier molecular flexibility index (Phi) is 4.93. The van der Waals surface area contributed by atoms with Gasteiger partial charge in [-0.1, -0.05) is 0 Å². The summed E-state index contributed by atoms with van der Waals surface area (Å²) in [5.41, 5.74) is 2.75. The minimum Gasteiger partial charge on any atom is -0.296 e. The minimum atomic E-state index is -0.111. The molecule has 0 spiro atoms. The Morgan fingerprint density at radius 1 is 1.36 bits per heavy atom. The van der Waals surface area contributed by atoms with Gasteiger partial charge in [0.1, 0.15) is 0 Å². The zero-order chi connectivity index (χ0) is 8.74. The third-order valence-corrected chi connectivity index (χ3v) is 0.907. The van der Waals surface area contributed by atoms with E-state index in [9.17, 15) is 0 Å². The molecular weight excluding hydrogens is 138 g/mol. The largest absolute Gasteiger partial charge is 0.296 e. The molecule has 2 nitrogen and oxygen atoms in total. The highest BCUT2D eigenvalue weighted by atomic mass is 16.7. The molecule has 0 atom stereocenters. The summed E-state index contributed by atoms with van der Waals surface area (Å²) in [7, 11) is 0. The van der Waals surface area contributed by atoms with Crippen LogP contribution < -0.4 is 5.48 Å². The van der Waals surface area contributed by atoms with Gasteiger partial charge >= 0.3 is 0 Å². The summed E-state index contributed by atoms with van der Waals surface area (Å²) >= 11 is 0. The molecule has 0 rings (SSSR count). The summed E-state index contributed by atoms with van der Waals surface area (Å²) in [4.78, 5) is 5.26. The number of hydroxylamine groups is 1. The van der Waals surface area contributed by atoms with Gasteiger partial charge in [-0.15, -0.1) is 11.8 Å². The maximum atomic E-state index is 5.26. The first-order valence-electron chi connectivity index (χ1n) is 3.87. The Hall–Kier alpha value is -0.520. The van der Waals surface area contributed by atoms with Gasteiger partial charge in [-0.3, -0.25) is 4.84 Å². The summed E-state index contributed by atoms with van der Waals surface area (Å²) in [5, 5.41) is 0. The molecule has 11 heavy (non-hydrogen) atoms. The number of hydrogen-bond acceptors (Lipinski definition) is 2. The average molecular weight is 155 g/mol. The van der Waals surface area contributed by atoms with E-state index in [1.807, 2.05) is 27.7 Å². The summed E-state index contributed by atoms with van der Waals surface area (Å²) in [6.45, 7) is 8.64. The highest BCUT2D eigenvalue weighted by Gasteiger charge is 2.08. The van der Waals surface area contributed by atoms with E-state index in [4.69, 9.17) is 4.84 Å². The quantitative estimate of drug-likeness (QED) is 0.380. The summed E-state index contributed by atoms with van der Waals surface area (Å²) in [5.74, 6) is 5.76. The lowest BCUT2D eigenvalue weighted by atomic mass is 10.2. The molecule has 0 fully saturated rings. The van der Waals surface area contributed by atoms with E-state index in [1.54, 1.807) is 0 Å². The fourth-order valence-corrected chi connectivity index (χ4v) is 0.506. The zero-order valence-corrected chi connectivity index (χ0v) is 7.82. The van der Waals surface area contributed by atoms with Crippen molar-refractivity contribution in [2.45, 2.75) is 39.7 Å². The molecule has 0 heterocycles. The molecule has 64 valence electrons. The topological polar surface area (TPSA) is 21.3 Å². The summed E-state index contributed by atoms with van der Waals surface area (Å²) in [6.07, 6.45) is 0.840. The van der Waals surface area contributed by atoms with Crippen LogP contribution in [0.2, 0.25) is 0 Å². The maximum Gasteiger partial charge on any atom is 0.0812 e. The molecule has 0 radical (unpaired) electrons. The lowest BCUT2D eigenvalue weighted by Gasteiger charge is -2.18. The molecule has 0 aromatic rings. The molecule has 0 aromatic heterocycles. The molecule has 1 N–H and O–H groups in total. The van der Waals surface area contributed by atoms with Crippen molar-refractivity contribution in [1.29, 1.82) is 0 Å². The SMILES string of the molecule is CC#CCCNOC(C)(C)C. The van der Waals surface area contributed by atoms with Crippen LogP contribution in [0, 0.1) is 11.8 Å². The van der Waals surface area contributed by atoms with E-state index in [0.29, 0.717) is 0 Å². The van der Waals surface area contributed by atoms with Crippen molar-refractivity contribution in [3.63, 3.8) is 0 Å². The van der Waals surface area contributed by atoms with Crippen molar-refractivity contribution in [3.8, 4) is 11.8 Å². The first-order chi connectivity index (χ1) is 5.06. The molecule has 2 heteroatoms. The highest BCUT2D eigenvalue weighted by Crippen LogP contribution is 2.02. The Balaban J connectivity index is 3.19. The van der Waals surface area contributed by atoms with Crippen molar-refractivity contribution in [3.05, 3.63) is 0 Å². The van der Waals surface area contributed by atoms with Crippen LogP contribution in [0.4, 0.5) is 0 Å². The molecule has 0 bridgehead atoms. The van der Waals surface area contributed by atoms with Crippen LogP contribution in [0.15, 0.2) is 0 Å². The molecular formula is C9H17NO. The summed E-state index contributed by atoms with van der Waals surface area (Å²) < 4.78 is 0. The van der Waals surface area contributed by atoms with Crippen LogP contribution in [0.5, 0.6) is 0 Å². The molecule has 0 amide bonds. The van der Waals surface area contributed by atoms with E-state index < -0.39 is 0 Å². The van der Waals surface area contributed by atoms with Gasteiger partial charge in [0.2, 0.25) is 0 Å². The van der Waals surface area contributed by atoms with Crippen LogP contribution in [0.25, 0.3) is 0 Å². The van der Waals surface area contributed by atoms with Gasteiger partial charge in [-0.05, 0) is 27.7 Å². The van der Waals surface area contributed by atoms with Gasteiger partial charge in [0.25, 0.3) is 0 Å². The second-order valence-electron chi connectivity index (χ2n) is 3.29. The molecule has 0 aliphatic heterocycles. The molecule has 0 unspecified atom stereocenters. The minimum absolute atomic E-state index is 0.111. The van der Waals surface area contributed by atoms with Gasteiger partial charge in [0.15, 0.2) is 0 Å². The monoisotopic (exact) mass is 155 g/mol. The molecule has 0 saturated heterocycles. The normalized spacial score (nSPS) is 10.5. The number of nitrogens with one attached hydrogen (secondary N) is 1. The maximum absolute atomic E-state index is 5.26. The van der Waals surface area contributed by atoms with Gasteiger partial charge in [0, 0.05) is 13.0 Å². The number of rotatable bonds is 3. The second kappa shape index (κ2) is 5.17. The van der Waals surface area contributed by atoms with Crippen LogP contribution in [-0.4, -0.2) is 12.1 Å². The molecule has 0 aliphatic rings.